The molecule has 1 heterocycles. The summed E-state index contributed by atoms with van der Waals surface area (Å²) in [4.78, 5) is 25.8. The summed E-state index contributed by atoms with van der Waals surface area (Å²) >= 11 is 0. The van der Waals surface area contributed by atoms with Crippen molar-refractivity contribution in [2.45, 2.75) is 0 Å². The van der Waals surface area contributed by atoms with E-state index in [1.807, 2.05) is 0 Å². The van der Waals surface area contributed by atoms with Crippen LogP contribution in [0.5, 0.6) is 5.75 Å². The molecule has 0 fully saturated rings. The molecule has 0 saturated carbocycles. The van der Waals surface area contributed by atoms with E-state index in [0.717, 1.165) is 0 Å². The molecular weight excluding hydrogens is 373 g/mol. The number of methoxy groups -OCH3 is 1. The maximum absolute atomic E-state index is 13.2. The van der Waals surface area contributed by atoms with Crippen LogP contribution in [0.2, 0.25) is 0 Å². The predicted octanol–water partition coefficient (Wildman–Crippen LogP) is 5.06. The topological polar surface area (TPSA) is 68.5 Å². The molecular formula is C23H16FNO4. The number of anilines is 1. The van der Waals surface area contributed by atoms with Crippen LogP contribution < -0.4 is 10.1 Å². The number of hydrogen-bond acceptors (Lipinski definition) is 4. The molecule has 1 amide bonds. The van der Waals surface area contributed by atoms with Gasteiger partial charge in [-0.1, -0.05) is 24.3 Å². The number of para-hydroxylation sites is 1. The Morgan fingerprint density at radius 2 is 1.69 bits per heavy atom. The van der Waals surface area contributed by atoms with Crippen LogP contribution in [0.1, 0.15) is 26.5 Å². The average Bonchev–Trinajstić information content (AvgIpc) is 3.12. The number of carbonyl (C=O) groups is 2. The number of fused-ring (bicyclic) bond motifs is 1. The summed E-state index contributed by atoms with van der Waals surface area (Å²) in [6, 6.07) is 18.8. The lowest BCUT2D eigenvalue weighted by Gasteiger charge is -2.07. The Labute approximate surface area is 165 Å². The highest BCUT2D eigenvalue weighted by Gasteiger charge is 2.24. The summed E-state index contributed by atoms with van der Waals surface area (Å²) in [7, 11) is 1.51. The highest BCUT2D eigenvalue weighted by Crippen LogP contribution is 2.33. The molecule has 0 unspecified atom stereocenters. The normalized spacial score (nSPS) is 10.7. The van der Waals surface area contributed by atoms with Crippen molar-refractivity contribution in [3.63, 3.8) is 0 Å². The van der Waals surface area contributed by atoms with E-state index in [2.05, 4.69) is 5.32 Å². The second-order valence-electron chi connectivity index (χ2n) is 6.32. The fourth-order valence-corrected chi connectivity index (χ4v) is 3.01. The molecule has 0 spiro atoms. The van der Waals surface area contributed by atoms with Crippen molar-refractivity contribution in [3.8, 4) is 5.75 Å². The van der Waals surface area contributed by atoms with E-state index in [-0.39, 0.29) is 17.0 Å². The summed E-state index contributed by atoms with van der Waals surface area (Å²) in [5.41, 5.74) is 1.35. The van der Waals surface area contributed by atoms with Gasteiger partial charge in [-0.25, -0.2) is 4.39 Å². The minimum absolute atomic E-state index is 0.00918. The van der Waals surface area contributed by atoms with Gasteiger partial charge in [-0.15, -0.1) is 0 Å². The van der Waals surface area contributed by atoms with Crippen molar-refractivity contribution in [2.24, 2.45) is 0 Å². The minimum atomic E-state index is -0.476. The number of halogens is 1. The van der Waals surface area contributed by atoms with Gasteiger partial charge < -0.3 is 14.5 Å². The minimum Gasteiger partial charge on any atom is -0.497 e. The molecule has 0 bridgehead atoms. The number of ketones is 1. The van der Waals surface area contributed by atoms with Crippen molar-refractivity contribution in [1.82, 2.24) is 0 Å². The number of rotatable bonds is 5. The van der Waals surface area contributed by atoms with Gasteiger partial charge in [0.25, 0.3) is 5.91 Å². The largest absolute Gasteiger partial charge is 0.497 e. The predicted molar refractivity (Wildman–Crippen MR) is 107 cm³/mol. The Kier molecular flexibility index (Phi) is 4.83. The number of carbonyl (C=O) groups excluding carboxylic acids is 2. The Bertz CT molecular complexity index is 1210. The monoisotopic (exact) mass is 389 g/mol. The first-order valence-electron chi connectivity index (χ1n) is 8.84. The lowest BCUT2D eigenvalue weighted by Crippen LogP contribution is -2.14. The molecule has 0 atom stereocenters. The van der Waals surface area contributed by atoms with Gasteiger partial charge in [0.05, 0.1) is 12.8 Å². The second kappa shape index (κ2) is 7.59. The van der Waals surface area contributed by atoms with Crippen LogP contribution in [0, 0.1) is 5.82 Å². The van der Waals surface area contributed by atoms with Gasteiger partial charge in [0.15, 0.2) is 5.76 Å². The van der Waals surface area contributed by atoms with E-state index in [4.69, 9.17) is 9.15 Å². The van der Waals surface area contributed by atoms with Gasteiger partial charge in [0, 0.05) is 16.5 Å². The standard InChI is InChI=1S/C23H16FNO4/c1-28-17-6-4-5-15(13-17)21(26)22-20(18-7-2-3-8-19(18)29-22)25-23(27)14-9-11-16(24)12-10-14/h2-13H,1H3,(H,25,27). The summed E-state index contributed by atoms with van der Waals surface area (Å²) in [6.07, 6.45) is 0. The van der Waals surface area contributed by atoms with Crippen LogP contribution in [0.4, 0.5) is 10.1 Å². The lowest BCUT2D eigenvalue weighted by atomic mass is 10.1. The van der Waals surface area contributed by atoms with E-state index in [0.29, 0.717) is 22.3 Å². The third kappa shape index (κ3) is 3.60. The third-order valence-electron chi connectivity index (χ3n) is 4.48. The maximum Gasteiger partial charge on any atom is 0.255 e. The molecule has 3 aromatic carbocycles. The number of ether oxygens (including phenoxy) is 1. The molecule has 144 valence electrons. The number of furan rings is 1. The van der Waals surface area contributed by atoms with Crippen LogP contribution in [0.15, 0.2) is 77.2 Å². The maximum atomic E-state index is 13.2. The van der Waals surface area contributed by atoms with Crippen molar-refractivity contribution in [2.75, 3.05) is 12.4 Å². The van der Waals surface area contributed by atoms with E-state index in [1.165, 1.54) is 31.4 Å². The summed E-state index contributed by atoms with van der Waals surface area (Å²) in [5.74, 6) is -0.770. The van der Waals surface area contributed by atoms with Crippen LogP contribution in [-0.2, 0) is 0 Å². The summed E-state index contributed by atoms with van der Waals surface area (Å²) in [6.45, 7) is 0. The van der Waals surface area contributed by atoms with E-state index < -0.39 is 17.5 Å². The molecule has 29 heavy (non-hydrogen) atoms. The summed E-state index contributed by atoms with van der Waals surface area (Å²) < 4.78 is 24.1. The van der Waals surface area contributed by atoms with Crippen LogP contribution >= 0.6 is 0 Å². The fourth-order valence-electron chi connectivity index (χ4n) is 3.01. The van der Waals surface area contributed by atoms with E-state index >= 15 is 0 Å². The molecule has 0 aliphatic rings. The molecule has 6 heteroatoms. The second-order valence-corrected chi connectivity index (χ2v) is 6.32. The smallest absolute Gasteiger partial charge is 0.255 e. The molecule has 4 rings (SSSR count). The van der Waals surface area contributed by atoms with Gasteiger partial charge in [-0.3, -0.25) is 9.59 Å². The average molecular weight is 389 g/mol. The third-order valence-corrected chi connectivity index (χ3v) is 4.48. The molecule has 0 radical (unpaired) electrons. The molecule has 0 aliphatic heterocycles. The van der Waals surface area contributed by atoms with Crippen LogP contribution in [-0.4, -0.2) is 18.8 Å². The van der Waals surface area contributed by atoms with Crippen LogP contribution in [0.3, 0.4) is 0 Å². The highest BCUT2D eigenvalue weighted by atomic mass is 19.1. The van der Waals surface area contributed by atoms with Gasteiger partial charge >= 0.3 is 0 Å². The van der Waals surface area contributed by atoms with Gasteiger partial charge in [-0.2, -0.15) is 0 Å². The Balaban J connectivity index is 1.77. The zero-order valence-corrected chi connectivity index (χ0v) is 15.4. The molecule has 1 N–H and O–H groups in total. The first kappa shape index (κ1) is 18.4. The zero-order chi connectivity index (χ0) is 20.4. The molecule has 4 aromatic rings. The highest BCUT2D eigenvalue weighted by molar-refractivity contribution is 6.18. The van der Waals surface area contributed by atoms with E-state index in [1.54, 1.807) is 48.5 Å². The SMILES string of the molecule is COc1cccc(C(=O)c2oc3ccccc3c2NC(=O)c2ccc(F)cc2)c1. The Morgan fingerprint density at radius 3 is 2.45 bits per heavy atom. The lowest BCUT2D eigenvalue weighted by molar-refractivity contribution is 0.101. The zero-order valence-electron chi connectivity index (χ0n) is 15.4. The molecule has 0 aliphatic carbocycles. The van der Waals surface area contributed by atoms with Crippen molar-refractivity contribution >= 4 is 28.3 Å². The number of amides is 1. The van der Waals surface area contributed by atoms with Crippen molar-refractivity contribution in [1.29, 1.82) is 0 Å². The molecule has 1 aromatic heterocycles. The molecule has 0 saturated heterocycles. The fraction of sp³-hybridized carbons (Fsp3) is 0.0435. The van der Waals surface area contributed by atoms with Gasteiger partial charge in [0.2, 0.25) is 5.78 Å². The Hall–Kier alpha value is -3.93. The van der Waals surface area contributed by atoms with Crippen molar-refractivity contribution < 1.29 is 23.1 Å². The van der Waals surface area contributed by atoms with E-state index in [9.17, 15) is 14.0 Å². The molecule has 5 nitrogen and oxygen atoms in total. The first-order chi connectivity index (χ1) is 14.1. The van der Waals surface area contributed by atoms with Crippen LogP contribution in [0.25, 0.3) is 11.0 Å². The Morgan fingerprint density at radius 1 is 0.931 bits per heavy atom. The number of hydrogen-bond donors (Lipinski definition) is 1. The first-order valence-corrected chi connectivity index (χ1v) is 8.84. The van der Waals surface area contributed by atoms with Gasteiger partial charge in [-0.05, 0) is 48.5 Å². The van der Waals surface area contributed by atoms with Gasteiger partial charge in [0.1, 0.15) is 17.1 Å². The number of benzene rings is 3. The summed E-state index contributed by atoms with van der Waals surface area (Å²) in [5, 5.41) is 3.33. The van der Waals surface area contributed by atoms with Crippen molar-refractivity contribution in [3.05, 3.63) is 95.5 Å². The number of nitrogens with one attached hydrogen (secondary N) is 1. The quantitative estimate of drug-likeness (QED) is 0.484.